The van der Waals surface area contributed by atoms with Gasteiger partial charge >= 0.3 is 0 Å². The Morgan fingerprint density at radius 3 is 2.50 bits per heavy atom. The van der Waals surface area contributed by atoms with Crippen molar-refractivity contribution < 1.29 is 0 Å². The van der Waals surface area contributed by atoms with Crippen molar-refractivity contribution in [3.05, 3.63) is 0 Å². The number of likely N-dealkylation sites (N-methyl/N-ethyl adjacent to an activating group) is 1. The molecule has 2 heteroatoms. The van der Waals surface area contributed by atoms with E-state index in [-0.39, 0.29) is 0 Å². The molecular formula is C10H22N2. The number of nitrogens with zero attached hydrogens (tertiary/aromatic N) is 2. The summed E-state index contributed by atoms with van der Waals surface area (Å²) in [7, 11) is 0. The van der Waals surface area contributed by atoms with Gasteiger partial charge in [0.15, 0.2) is 0 Å². The summed E-state index contributed by atoms with van der Waals surface area (Å²) in [4.78, 5) is 5.14. The fourth-order valence-electron chi connectivity index (χ4n) is 2.06. The number of piperazine rings is 1. The second-order valence-corrected chi connectivity index (χ2v) is 3.78. The monoisotopic (exact) mass is 170 g/mol. The lowest BCUT2D eigenvalue weighted by molar-refractivity contribution is 0.0883. The number of hydrogen-bond donors (Lipinski definition) is 0. The summed E-state index contributed by atoms with van der Waals surface area (Å²) in [5.74, 6) is 0. The van der Waals surface area contributed by atoms with Gasteiger partial charge < -0.3 is 4.90 Å². The molecule has 0 N–H and O–H groups in total. The van der Waals surface area contributed by atoms with E-state index in [1.165, 1.54) is 39.1 Å². The van der Waals surface area contributed by atoms with Gasteiger partial charge in [-0.15, -0.1) is 0 Å². The van der Waals surface area contributed by atoms with Crippen molar-refractivity contribution >= 4 is 0 Å². The molecule has 0 spiro atoms. The first-order valence-corrected chi connectivity index (χ1v) is 5.24. The van der Waals surface area contributed by atoms with Crippen molar-refractivity contribution in [2.24, 2.45) is 0 Å². The van der Waals surface area contributed by atoms with E-state index >= 15 is 0 Å². The van der Waals surface area contributed by atoms with Gasteiger partial charge in [0.1, 0.15) is 0 Å². The van der Waals surface area contributed by atoms with Gasteiger partial charge in [0.05, 0.1) is 0 Å². The van der Waals surface area contributed by atoms with Gasteiger partial charge in [-0.05, 0) is 26.4 Å². The van der Waals surface area contributed by atoms with Gasteiger partial charge in [0.2, 0.25) is 0 Å². The van der Waals surface area contributed by atoms with Crippen LogP contribution < -0.4 is 0 Å². The fraction of sp³-hybridized carbons (Fsp3) is 1.00. The number of rotatable bonds is 3. The molecule has 0 amide bonds. The molecule has 0 radical (unpaired) electrons. The zero-order valence-electron chi connectivity index (χ0n) is 8.71. The van der Waals surface area contributed by atoms with E-state index in [1.807, 2.05) is 0 Å². The molecule has 2 nitrogen and oxygen atoms in total. The second kappa shape index (κ2) is 4.83. The summed E-state index contributed by atoms with van der Waals surface area (Å²) in [6.07, 6.45) is 1.29. The van der Waals surface area contributed by atoms with Gasteiger partial charge in [-0.1, -0.05) is 13.8 Å². The molecule has 1 saturated heterocycles. The molecule has 12 heavy (non-hydrogen) atoms. The minimum atomic E-state index is 0.760. The summed E-state index contributed by atoms with van der Waals surface area (Å²) >= 11 is 0. The molecule has 1 aliphatic rings. The van der Waals surface area contributed by atoms with Crippen molar-refractivity contribution in [1.82, 2.24) is 9.80 Å². The van der Waals surface area contributed by atoms with E-state index in [0.29, 0.717) is 0 Å². The van der Waals surface area contributed by atoms with Crippen LogP contribution in [0.1, 0.15) is 27.2 Å². The highest BCUT2D eigenvalue weighted by molar-refractivity contribution is 4.77. The third-order valence-electron chi connectivity index (χ3n) is 2.80. The van der Waals surface area contributed by atoms with Crippen LogP contribution in [0.3, 0.4) is 0 Å². The zero-order chi connectivity index (χ0) is 8.97. The van der Waals surface area contributed by atoms with E-state index in [2.05, 4.69) is 30.6 Å². The molecule has 1 aliphatic heterocycles. The molecule has 0 saturated carbocycles. The van der Waals surface area contributed by atoms with E-state index in [4.69, 9.17) is 0 Å². The first-order chi connectivity index (χ1) is 5.77. The molecule has 0 aromatic heterocycles. The predicted octanol–water partition coefficient (Wildman–Crippen LogP) is 1.42. The molecule has 0 aliphatic carbocycles. The van der Waals surface area contributed by atoms with Crippen LogP contribution in [0.25, 0.3) is 0 Å². The Morgan fingerprint density at radius 2 is 2.00 bits per heavy atom. The lowest BCUT2D eigenvalue weighted by Gasteiger charge is -2.39. The maximum atomic E-state index is 2.58. The lowest BCUT2D eigenvalue weighted by Crippen LogP contribution is -2.51. The van der Waals surface area contributed by atoms with Gasteiger partial charge in [0.25, 0.3) is 0 Å². The molecule has 1 unspecified atom stereocenters. The summed E-state index contributed by atoms with van der Waals surface area (Å²) in [5.41, 5.74) is 0. The molecule has 1 fully saturated rings. The summed E-state index contributed by atoms with van der Waals surface area (Å²) in [5, 5.41) is 0. The molecule has 72 valence electrons. The lowest BCUT2D eigenvalue weighted by atomic mass is 10.2. The van der Waals surface area contributed by atoms with Gasteiger partial charge in [0, 0.05) is 25.7 Å². The standard InChI is InChI=1S/C10H22N2/c1-4-6-11-7-8-12(5-2)10(3)9-11/h10H,4-9H2,1-3H3. The molecule has 1 rings (SSSR count). The highest BCUT2D eigenvalue weighted by Gasteiger charge is 2.20. The maximum Gasteiger partial charge on any atom is 0.0195 e. The zero-order valence-corrected chi connectivity index (χ0v) is 8.71. The minimum Gasteiger partial charge on any atom is -0.301 e. The van der Waals surface area contributed by atoms with Gasteiger partial charge in [-0.2, -0.15) is 0 Å². The SMILES string of the molecule is CCCN1CCN(CC)C(C)C1. The Balaban J connectivity index is 2.30. The second-order valence-electron chi connectivity index (χ2n) is 3.78. The quantitative estimate of drug-likeness (QED) is 0.632. The highest BCUT2D eigenvalue weighted by Crippen LogP contribution is 2.08. The van der Waals surface area contributed by atoms with Crippen LogP contribution in [-0.4, -0.2) is 48.6 Å². The van der Waals surface area contributed by atoms with Gasteiger partial charge in [-0.3, -0.25) is 4.90 Å². The van der Waals surface area contributed by atoms with Gasteiger partial charge in [-0.25, -0.2) is 0 Å². The summed E-state index contributed by atoms with van der Waals surface area (Å²) in [6, 6.07) is 0.760. The van der Waals surface area contributed by atoms with E-state index in [9.17, 15) is 0 Å². The van der Waals surface area contributed by atoms with Crippen molar-refractivity contribution in [3.8, 4) is 0 Å². The maximum absolute atomic E-state index is 2.58. The van der Waals surface area contributed by atoms with Crippen molar-refractivity contribution in [3.63, 3.8) is 0 Å². The first-order valence-electron chi connectivity index (χ1n) is 5.24. The predicted molar refractivity (Wildman–Crippen MR) is 53.4 cm³/mol. The Hall–Kier alpha value is -0.0800. The minimum absolute atomic E-state index is 0.760. The smallest absolute Gasteiger partial charge is 0.0195 e. The van der Waals surface area contributed by atoms with Crippen LogP contribution in [0.4, 0.5) is 0 Å². The van der Waals surface area contributed by atoms with Crippen LogP contribution >= 0.6 is 0 Å². The summed E-state index contributed by atoms with van der Waals surface area (Å²) in [6.45, 7) is 13.1. The normalized spacial score (nSPS) is 27.8. The van der Waals surface area contributed by atoms with Crippen LogP contribution in [0.2, 0.25) is 0 Å². The Morgan fingerprint density at radius 1 is 1.25 bits per heavy atom. The first kappa shape index (κ1) is 10.0. The van der Waals surface area contributed by atoms with Crippen LogP contribution in [0.5, 0.6) is 0 Å². The van der Waals surface area contributed by atoms with Crippen LogP contribution in [0, 0.1) is 0 Å². The highest BCUT2D eigenvalue weighted by atomic mass is 15.3. The third-order valence-corrected chi connectivity index (χ3v) is 2.80. The molecule has 0 aromatic carbocycles. The largest absolute Gasteiger partial charge is 0.301 e. The van der Waals surface area contributed by atoms with E-state index < -0.39 is 0 Å². The molecule has 0 aromatic rings. The van der Waals surface area contributed by atoms with Crippen LogP contribution in [0.15, 0.2) is 0 Å². The van der Waals surface area contributed by atoms with Crippen molar-refractivity contribution in [1.29, 1.82) is 0 Å². The molecule has 0 bridgehead atoms. The summed E-state index contributed by atoms with van der Waals surface area (Å²) < 4.78 is 0. The molecular weight excluding hydrogens is 148 g/mol. The molecule has 1 atom stereocenters. The average molecular weight is 170 g/mol. The van der Waals surface area contributed by atoms with E-state index in [1.54, 1.807) is 0 Å². The van der Waals surface area contributed by atoms with Crippen molar-refractivity contribution in [2.45, 2.75) is 33.2 Å². The molecule has 1 heterocycles. The Kier molecular flexibility index (Phi) is 4.02. The Labute approximate surface area is 76.5 Å². The van der Waals surface area contributed by atoms with Crippen LogP contribution in [-0.2, 0) is 0 Å². The van der Waals surface area contributed by atoms with Crippen molar-refractivity contribution in [2.75, 3.05) is 32.7 Å². The Bertz CT molecular complexity index is 125. The average Bonchev–Trinajstić information content (AvgIpc) is 2.05. The fourth-order valence-corrected chi connectivity index (χ4v) is 2.06. The van der Waals surface area contributed by atoms with E-state index in [0.717, 1.165) is 6.04 Å². The third kappa shape index (κ3) is 2.46. The number of hydrogen-bond acceptors (Lipinski definition) is 2. The topological polar surface area (TPSA) is 6.48 Å².